The summed E-state index contributed by atoms with van der Waals surface area (Å²) in [7, 11) is 0. The van der Waals surface area contributed by atoms with Crippen LogP contribution < -0.4 is 5.73 Å². The van der Waals surface area contributed by atoms with E-state index in [4.69, 9.17) is 5.73 Å². The first-order valence-electron chi connectivity index (χ1n) is 7.87. The van der Waals surface area contributed by atoms with Crippen molar-refractivity contribution in [3.8, 4) is 0 Å². The molecule has 4 unspecified atom stereocenters. The molecule has 2 heteroatoms. The Labute approximate surface area is 112 Å². The first-order chi connectivity index (χ1) is 8.45. The van der Waals surface area contributed by atoms with Crippen molar-refractivity contribution in [3.63, 3.8) is 0 Å². The lowest BCUT2D eigenvalue weighted by Crippen LogP contribution is -2.58. The van der Waals surface area contributed by atoms with Crippen molar-refractivity contribution in [2.24, 2.45) is 28.9 Å². The quantitative estimate of drug-likeness (QED) is 0.810. The average Bonchev–Trinajstić information content (AvgIpc) is 2.73. The fourth-order valence-electron chi connectivity index (χ4n) is 4.88. The van der Waals surface area contributed by atoms with E-state index in [9.17, 15) is 5.11 Å². The second kappa shape index (κ2) is 5.13. The van der Waals surface area contributed by atoms with E-state index in [0.29, 0.717) is 18.4 Å². The molecule has 2 aliphatic carbocycles. The summed E-state index contributed by atoms with van der Waals surface area (Å²) in [6.07, 6.45) is 8.11. The molecule has 0 aromatic rings. The maximum absolute atomic E-state index is 11.5. The number of hydrogen-bond acceptors (Lipinski definition) is 2. The molecule has 18 heavy (non-hydrogen) atoms. The van der Waals surface area contributed by atoms with Gasteiger partial charge in [-0.1, -0.05) is 40.0 Å². The van der Waals surface area contributed by atoms with E-state index < -0.39 is 5.60 Å². The van der Waals surface area contributed by atoms with Crippen LogP contribution >= 0.6 is 0 Å². The number of rotatable bonds is 3. The van der Waals surface area contributed by atoms with Crippen LogP contribution in [-0.4, -0.2) is 17.3 Å². The molecule has 0 saturated heterocycles. The van der Waals surface area contributed by atoms with Crippen LogP contribution in [-0.2, 0) is 0 Å². The van der Waals surface area contributed by atoms with Crippen LogP contribution in [0.1, 0.15) is 65.7 Å². The maximum atomic E-state index is 11.5. The van der Waals surface area contributed by atoms with Gasteiger partial charge in [-0.15, -0.1) is 0 Å². The Bertz CT molecular complexity index is 291. The molecule has 0 aliphatic heterocycles. The van der Waals surface area contributed by atoms with Crippen LogP contribution in [0.5, 0.6) is 0 Å². The smallest absolute Gasteiger partial charge is 0.0746 e. The highest BCUT2D eigenvalue weighted by atomic mass is 16.3. The van der Waals surface area contributed by atoms with Crippen LogP contribution in [0.2, 0.25) is 0 Å². The Balaban J connectivity index is 2.31. The lowest BCUT2D eigenvalue weighted by atomic mass is 9.56. The molecule has 2 aliphatic rings. The second-order valence-electron chi connectivity index (χ2n) is 7.35. The van der Waals surface area contributed by atoms with Crippen molar-refractivity contribution in [2.45, 2.75) is 71.3 Å². The topological polar surface area (TPSA) is 46.2 Å². The summed E-state index contributed by atoms with van der Waals surface area (Å²) in [5.41, 5.74) is 5.65. The number of aliphatic hydroxyl groups is 1. The highest BCUT2D eigenvalue weighted by molar-refractivity contribution is 5.08. The third-order valence-electron chi connectivity index (χ3n) is 5.91. The van der Waals surface area contributed by atoms with Gasteiger partial charge >= 0.3 is 0 Å². The van der Waals surface area contributed by atoms with E-state index in [0.717, 1.165) is 25.2 Å². The molecule has 2 fully saturated rings. The van der Waals surface area contributed by atoms with E-state index in [1.54, 1.807) is 0 Å². The van der Waals surface area contributed by atoms with Gasteiger partial charge in [0.25, 0.3) is 0 Å². The summed E-state index contributed by atoms with van der Waals surface area (Å²) in [5, 5.41) is 11.5. The number of hydrogen-bond donors (Lipinski definition) is 2. The molecule has 3 N–H and O–H groups in total. The molecule has 0 radical (unpaired) electrons. The zero-order valence-electron chi connectivity index (χ0n) is 12.4. The Morgan fingerprint density at radius 1 is 1.22 bits per heavy atom. The van der Waals surface area contributed by atoms with Crippen molar-refractivity contribution < 1.29 is 5.11 Å². The molecular weight excluding hydrogens is 222 g/mol. The van der Waals surface area contributed by atoms with E-state index in [2.05, 4.69) is 20.8 Å². The van der Waals surface area contributed by atoms with Crippen molar-refractivity contribution in [1.82, 2.24) is 0 Å². The Morgan fingerprint density at radius 2 is 1.94 bits per heavy atom. The summed E-state index contributed by atoms with van der Waals surface area (Å²) in [6, 6.07) is 0. The predicted molar refractivity (Wildman–Crippen MR) is 76.2 cm³/mol. The Morgan fingerprint density at radius 3 is 2.44 bits per heavy atom. The summed E-state index contributed by atoms with van der Waals surface area (Å²) in [6.45, 7) is 7.51. The largest absolute Gasteiger partial charge is 0.389 e. The van der Waals surface area contributed by atoms with E-state index in [-0.39, 0.29) is 5.41 Å². The van der Waals surface area contributed by atoms with Gasteiger partial charge < -0.3 is 10.8 Å². The zero-order chi connectivity index (χ0) is 13.4. The lowest BCUT2D eigenvalue weighted by molar-refractivity contribution is -0.155. The van der Waals surface area contributed by atoms with Crippen LogP contribution in [0.4, 0.5) is 0 Å². The first kappa shape index (κ1) is 14.3. The minimum atomic E-state index is -0.501. The van der Waals surface area contributed by atoms with Crippen molar-refractivity contribution in [3.05, 3.63) is 0 Å². The summed E-state index contributed by atoms with van der Waals surface area (Å²) in [5.74, 6) is 1.74. The summed E-state index contributed by atoms with van der Waals surface area (Å²) in [4.78, 5) is 0. The third-order valence-corrected chi connectivity index (χ3v) is 5.91. The van der Waals surface area contributed by atoms with E-state index in [1.807, 2.05) is 0 Å². The van der Waals surface area contributed by atoms with Crippen molar-refractivity contribution in [1.29, 1.82) is 0 Å². The standard InChI is InChI=1S/C16H31NO/c1-12(2)14-6-4-5-8-16(14,18)15(11-17)9-7-13(3)10-15/h12-14,18H,4-11,17H2,1-3H3. The molecule has 2 saturated carbocycles. The Hall–Kier alpha value is -0.0800. The summed E-state index contributed by atoms with van der Waals surface area (Å²) >= 11 is 0. The van der Waals surface area contributed by atoms with Gasteiger partial charge in [-0.25, -0.2) is 0 Å². The molecule has 0 spiro atoms. The van der Waals surface area contributed by atoms with Gasteiger partial charge in [-0.3, -0.25) is 0 Å². The molecular formula is C16H31NO. The van der Waals surface area contributed by atoms with E-state index >= 15 is 0 Å². The van der Waals surface area contributed by atoms with Crippen LogP contribution in [0, 0.1) is 23.2 Å². The molecule has 0 heterocycles. The van der Waals surface area contributed by atoms with Crippen LogP contribution in [0.3, 0.4) is 0 Å². The highest BCUT2D eigenvalue weighted by Gasteiger charge is 2.56. The van der Waals surface area contributed by atoms with Gasteiger partial charge in [-0.05, 0) is 43.4 Å². The van der Waals surface area contributed by atoms with Gasteiger partial charge in [-0.2, -0.15) is 0 Å². The first-order valence-corrected chi connectivity index (χ1v) is 7.87. The fourth-order valence-corrected chi connectivity index (χ4v) is 4.88. The van der Waals surface area contributed by atoms with Gasteiger partial charge in [0.2, 0.25) is 0 Å². The molecule has 106 valence electrons. The minimum absolute atomic E-state index is 0.00176. The van der Waals surface area contributed by atoms with Gasteiger partial charge in [0, 0.05) is 12.0 Å². The average molecular weight is 253 g/mol. The van der Waals surface area contributed by atoms with E-state index in [1.165, 1.54) is 25.7 Å². The van der Waals surface area contributed by atoms with Gasteiger partial charge in [0.05, 0.1) is 5.60 Å². The number of nitrogens with two attached hydrogens (primary N) is 1. The molecule has 2 nitrogen and oxygen atoms in total. The lowest BCUT2D eigenvalue weighted by Gasteiger charge is -2.53. The second-order valence-corrected chi connectivity index (χ2v) is 7.35. The molecule has 2 rings (SSSR count). The molecule has 4 atom stereocenters. The maximum Gasteiger partial charge on any atom is 0.0746 e. The molecule has 0 amide bonds. The normalized spacial score (nSPS) is 45.7. The molecule has 0 aromatic heterocycles. The Kier molecular flexibility index (Phi) is 4.08. The molecule has 0 bridgehead atoms. The summed E-state index contributed by atoms with van der Waals surface area (Å²) < 4.78 is 0. The zero-order valence-corrected chi connectivity index (χ0v) is 12.4. The van der Waals surface area contributed by atoms with Crippen LogP contribution in [0.15, 0.2) is 0 Å². The molecule has 0 aromatic carbocycles. The monoisotopic (exact) mass is 253 g/mol. The van der Waals surface area contributed by atoms with Crippen molar-refractivity contribution in [2.75, 3.05) is 6.54 Å². The highest BCUT2D eigenvalue weighted by Crippen LogP contribution is 2.56. The minimum Gasteiger partial charge on any atom is -0.389 e. The van der Waals surface area contributed by atoms with Gasteiger partial charge in [0.1, 0.15) is 0 Å². The SMILES string of the molecule is CC1CCC(CN)(C2(O)CCCCC2C(C)C)C1. The third kappa shape index (κ3) is 2.12. The van der Waals surface area contributed by atoms with Crippen molar-refractivity contribution >= 4 is 0 Å². The predicted octanol–water partition coefficient (Wildman–Crippen LogP) is 3.33. The fraction of sp³-hybridized carbons (Fsp3) is 1.00. The van der Waals surface area contributed by atoms with Gasteiger partial charge in [0.15, 0.2) is 0 Å². The van der Waals surface area contributed by atoms with Crippen LogP contribution in [0.25, 0.3) is 0 Å².